The average Bonchev–Trinajstić information content (AvgIpc) is 2.22. The van der Waals surface area contributed by atoms with Crippen LogP contribution in [0.2, 0.25) is 0 Å². The molecule has 0 aliphatic carbocycles. The van der Waals surface area contributed by atoms with Crippen LogP contribution in [0.15, 0.2) is 12.1 Å². The molecule has 1 aromatic heterocycles. The van der Waals surface area contributed by atoms with Gasteiger partial charge in [0, 0.05) is 12.1 Å². The minimum Gasteiger partial charge on any atom is -0.384 e. The molecule has 0 radical (unpaired) electrons. The van der Waals surface area contributed by atoms with Gasteiger partial charge in [-0.3, -0.25) is 0 Å². The Morgan fingerprint density at radius 1 is 1.25 bits per heavy atom. The van der Waals surface area contributed by atoms with Gasteiger partial charge in [0.25, 0.3) is 0 Å². The molecule has 0 saturated carbocycles. The Bertz CT molecular complexity index is 343. The number of nitrogens with zero attached hydrogens (tertiary/aromatic N) is 1. The summed E-state index contributed by atoms with van der Waals surface area (Å²) in [6.07, 6.45) is 11.8. The number of aryl methyl sites for hydroxylation is 2. The zero-order valence-electron chi connectivity index (χ0n) is 10.00. The summed E-state index contributed by atoms with van der Waals surface area (Å²) in [4.78, 5) is 4.31. The normalized spacial score (nSPS) is 10.0. The zero-order valence-corrected chi connectivity index (χ0v) is 10.00. The fraction of sp³-hybridized carbons (Fsp3) is 0.500. The van der Waals surface area contributed by atoms with E-state index in [1.54, 1.807) is 0 Å². The molecule has 86 valence electrons. The predicted octanol–water partition coefficient (Wildman–Crippen LogP) is 3.10. The second-order valence-electron chi connectivity index (χ2n) is 4.18. The van der Waals surface area contributed by atoms with Crippen molar-refractivity contribution in [2.24, 2.45) is 0 Å². The molecule has 0 aliphatic heterocycles. The predicted molar refractivity (Wildman–Crippen MR) is 69.0 cm³/mol. The molecule has 2 nitrogen and oxygen atoms in total. The van der Waals surface area contributed by atoms with E-state index in [2.05, 4.69) is 23.9 Å². The van der Waals surface area contributed by atoms with Crippen molar-refractivity contribution in [2.75, 3.05) is 5.73 Å². The summed E-state index contributed by atoms with van der Waals surface area (Å²) >= 11 is 0. The molecule has 16 heavy (non-hydrogen) atoms. The Labute approximate surface area is 98.3 Å². The summed E-state index contributed by atoms with van der Waals surface area (Å²) in [6, 6.07) is 4.01. The number of pyridine rings is 1. The summed E-state index contributed by atoms with van der Waals surface area (Å²) in [5.41, 5.74) is 7.99. The van der Waals surface area contributed by atoms with E-state index >= 15 is 0 Å². The second-order valence-corrected chi connectivity index (χ2v) is 4.18. The molecule has 2 heteroatoms. The number of hydrogen-bond donors (Lipinski definition) is 1. The number of rotatable bonds is 6. The van der Waals surface area contributed by atoms with Crippen molar-refractivity contribution in [1.29, 1.82) is 0 Å². The molecule has 0 amide bonds. The first-order chi connectivity index (χ1) is 7.72. The molecule has 0 bridgehead atoms. The van der Waals surface area contributed by atoms with Crippen molar-refractivity contribution in [3.63, 3.8) is 0 Å². The largest absolute Gasteiger partial charge is 0.384 e. The Morgan fingerprint density at radius 3 is 2.69 bits per heavy atom. The van der Waals surface area contributed by atoms with Crippen LogP contribution >= 0.6 is 0 Å². The SMILES string of the molecule is C#CCCCCCCc1cc(C)cc(N)n1. The number of unbranched alkanes of at least 4 members (excludes halogenated alkanes) is 4. The molecule has 0 aliphatic rings. The van der Waals surface area contributed by atoms with Gasteiger partial charge in [0.05, 0.1) is 0 Å². The monoisotopic (exact) mass is 216 g/mol. The molecule has 1 heterocycles. The summed E-state index contributed by atoms with van der Waals surface area (Å²) < 4.78 is 0. The molecular weight excluding hydrogens is 196 g/mol. The van der Waals surface area contributed by atoms with Gasteiger partial charge in [0.15, 0.2) is 0 Å². The maximum atomic E-state index is 5.70. The highest BCUT2D eigenvalue weighted by atomic mass is 14.8. The molecule has 0 aromatic carbocycles. The third kappa shape index (κ3) is 4.84. The van der Waals surface area contributed by atoms with E-state index in [0.717, 1.165) is 25.0 Å². The number of anilines is 1. The van der Waals surface area contributed by atoms with Crippen LogP contribution < -0.4 is 5.73 Å². The van der Waals surface area contributed by atoms with Gasteiger partial charge < -0.3 is 5.73 Å². The number of nitrogens with two attached hydrogens (primary N) is 1. The van der Waals surface area contributed by atoms with Gasteiger partial charge >= 0.3 is 0 Å². The lowest BCUT2D eigenvalue weighted by molar-refractivity contribution is 0.645. The topological polar surface area (TPSA) is 38.9 Å². The molecular formula is C14H20N2. The van der Waals surface area contributed by atoms with E-state index in [4.69, 9.17) is 12.2 Å². The Hall–Kier alpha value is -1.49. The highest BCUT2D eigenvalue weighted by Crippen LogP contribution is 2.11. The van der Waals surface area contributed by atoms with Gasteiger partial charge in [-0.05, 0) is 43.9 Å². The maximum Gasteiger partial charge on any atom is 0.123 e. The van der Waals surface area contributed by atoms with Crippen LogP contribution in [-0.2, 0) is 6.42 Å². The van der Waals surface area contributed by atoms with Crippen LogP contribution in [0.1, 0.15) is 43.4 Å². The number of hydrogen-bond acceptors (Lipinski definition) is 2. The van der Waals surface area contributed by atoms with Crippen molar-refractivity contribution < 1.29 is 0 Å². The minimum absolute atomic E-state index is 0.627. The highest BCUT2D eigenvalue weighted by Gasteiger charge is 1.98. The maximum absolute atomic E-state index is 5.70. The van der Waals surface area contributed by atoms with E-state index in [-0.39, 0.29) is 0 Å². The Balaban J connectivity index is 2.24. The van der Waals surface area contributed by atoms with Crippen molar-refractivity contribution in [2.45, 2.75) is 45.4 Å². The Kier molecular flexibility index (Phi) is 5.42. The molecule has 0 fully saturated rings. The lowest BCUT2D eigenvalue weighted by Crippen LogP contribution is -1.97. The standard InChI is InChI=1S/C14H20N2/c1-3-4-5-6-7-8-9-13-10-12(2)11-14(15)16-13/h1,10-11H,4-9H2,2H3,(H2,15,16). The lowest BCUT2D eigenvalue weighted by atomic mass is 10.1. The molecule has 0 unspecified atom stereocenters. The van der Waals surface area contributed by atoms with Crippen LogP contribution in [0, 0.1) is 19.3 Å². The summed E-state index contributed by atoms with van der Waals surface area (Å²) in [6.45, 7) is 2.05. The first-order valence-corrected chi connectivity index (χ1v) is 5.89. The van der Waals surface area contributed by atoms with Crippen molar-refractivity contribution in [3.8, 4) is 12.3 Å². The third-order valence-corrected chi connectivity index (χ3v) is 2.55. The first kappa shape index (κ1) is 12.6. The average molecular weight is 216 g/mol. The fourth-order valence-electron chi connectivity index (χ4n) is 1.78. The summed E-state index contributed by atoms with van der Waals surface area (Å²) in [5.74, 6) is 3.29. The molecule has 0 atom stereocenters. The fourth-order valence-corrected chi connectivity index (χ4v) is 1.78. The lowest BCUT2D eigenvalue weighted by Gasteiger charge is -2.03. The number of terminal acetylenes is 1. The molecule has 1 rings (SSSR count). The van der Waals surface area contributed by atoms with Crippen LogP contribution in [0.5, 0.6) is 0 Å². The van der Waals surface area contributed by atoms with Gasteiger partial charge in [-0.2, -0.15) is 0 Å². The van der Waals surface area contributed by atoms with E-state index < -0.39 is 0 Å². The van der Waals surface area contributed by atoms with E-state index in [0.29, 0.717) is 5.82 Å². The van der Waals surface area contributed by atoms with Crippen molar-refractivity contribution >= 4 is 5.82 Å². The van der Waals surface area contributed by atoms with Gasteiger partial charge in [0.2, 0.25) is 0 Å². The number of nitrogen functional groups attached to an aromatic ring is 1. The van der Waals surface area contributed by atoms with Gasteiger partial charge in [-0.25, -0.2) is 4.98 Å². The summed E-state index contributed by atoms with van der Waals surface area (Å²) in [5, 5.41) is 0. The first-order valence-electron chi connectivity index (χ1n) is 5.89. The molecule has 0 spiro atoms. The van der Waals surface area contributed by atoms with Gasteiger partial charge in [0.1, 0.15) is 5.82 Å². The second kappa shape index (κ2) is 6.90. The van der Waals surface area contributed by atoms with Crippen LogP contribution in [0.3, 0.4) is 0 Å². The zero-order chi connectivity index (χ0) is 11.8. The molecule has 1 aromatic rings. The van der Waals surface area contributed by atoms with Gasteiger partial charge in [-0.1, -0.05) is 12.8 Å². The van der Waals surface area contributed by atoms with Crippen molar-refractivity contribution in [1.82, 2.24) is 4.98 Å². The van der Waals surface area contributed by atoms with E-state index in [1.807, 2.05) is 6.07 Å². The van der Waals surface area contributed by atoms with E-state index in [9.17, 15) is 0 Å². The Morgan fingerprint density at radius 2 is 2.00 bits per heavy atom. The molecule has 0 saturated heterocycles. The van der Waals surface area contributed by atoms with Crippen molar-refractivity contribution in [3.05, 3.63) is 23.4 Å². The smallest absolute Gasteiger partial charge is 0.123 e. The van der Waals surface area contributed by atoms with Crippen LogP contribution in [-0.4, -0.2) is 4.98 Å². The van der Waals surface area contributed by atoms with Crippen LogP contribution in [0.4, 0.5) is 5.82 Å². The summed E-state index contributed by atoms with van der Waals surface area (Å²) in [7, 11) is 0. The highest BCUT2D eigenvalue weighted by molar-refractivity contribution is 5.34. The minimum atomic E-state index is 0.627. The number of aromatic nitrogens is 1. The van der Waals surface area contributed by atoms with Gasteiger partial charge in [-0.15, -0.1) is 12.3 Å². The molecule has 2 N–H and O–H groups in total. The van der Waals surface area contributed by atoms with E-state index in [1.165, 1.54) is 24.8 Å². The third-order valence-electron chi connectivity index (χ3n) is 2.55. The quantitative estimate of drug-likeness (QED) is 0.586. The van der Waals surface area contributed by atoms with Crippen LogP contribution in [0.25, 0.3) is 0 Å².